The number of hydrogen-bond donors (Lipinski definition) is 0. The summed E-state index contributed by atoms with van der Waals surface area (Å²) in [7, 11) is 3.89. The molecule has 0 aliphatic rings. The first-order chi connectivity index (χ1) is 10.0. The Bertz CT molecular complexity index is 399. The average Bonchev–Trinajstić information content (AvgIpc) is 2.86. The molecule has 2 rings (SSSR count). The predicted molar refractivity (Wildman–Crippen MR) is 106 cm³/mol. The first kappa shape index (κ1) is 24.7. The van der Waals surface area contributed by atoms with Crippen molar-refractivity contribution in [3.8, 4) is 0 Å². The SMILES string of the molecule is Cc1cn(C)cn1.Cn1cnc(Br)c1.[CH3][Sn]([CH3])[CH3].[CH3][Sn]([CH3])[CH3]. The van der Waals surface area contributed by atoms with E-state index in [4.69, 9.17) is 0 Å². The second kappa shape index (κ2) is 15.1. The molecule has 0 aliphatic carbocycles. The van der Waals surface area contributed by atoms with Crippen LogP contribution in [0.15, 0.2) is 29.7 Å². The summed E-state index contributed by atoms with van der Waals surface area (Å²) in [4.78, 5) is 22.1. The van der Waals surface area contributed by atoms with Crippen LogP contribution in [0.2, 0.25) is 29.6 Å². The van der Waals surface area contributed by atoms with Gasteiger partial charge in [-0.05, 0) is 22.9 Å². The summed E-state index contributed by atoms with van der Waals surface area (Å²) in [5.41, 5.74) is 1.07. The number of rotatable bonds is 0. The molecule has 2 aromatic heterocycles. The van der Waals surface area contributed by atoms with Gasteiger partial charge >= 0.3 is 69.2 Å². The third kappa shape index (κ3) is 22.8. The quantitative estimate of drug-likeness (QED) is 0.423. The fraction of sp³-hybridized carbons (Fsp3) is 0.600. The minimum atomic E-state index is -0.543. The monoisotopic (exact) mass is 586 g/mol. The topological polar surface area (TPSA) is 35.6 Å². The Labute approximate surface area is 159 Å². The Morgan fingerprint density at radius 1 is 0.818 bits per heavy atom. The first-order valence-electron chi connectivity index (χ1n) is 7.16. The van der Waals surface area contributed by atoms with Crippen molar-refractivity contribution in [1.82, 2.24) is 19.1 Å². The van der Waals surface area contributed by atoms with Gasteiger partial charge in [-0.25, -0.2) is 9.97 Å². The molecule has 0 aromatic carbocycles. The van der Waals surface area contributed by atoms with Crippen LogP contribution in [0, 0.1) is 6.92 Å². The van der Waals surface area contributed by atoms with Gasteiger partial charge in [0, 0.05) is 26.5 Å². The minimum absolute atomic E-state index is 0.543. The molecule has 0 amide bonds. The number of hydrogen-bond acceptors (Lipinski definition) is 2. The zero-order valence-electron chi connectivity index (χ0n) is 15.5. The van der Waals surface area contributed by atoms with Crippen molar-refractivity contribution >= 4 is 55.4 Å². The molecule has 0 fully saturated rings. The van der Waals surface area contributed by atoms with Crippen LogP contribution in [-0.2, 0) is 14.1 Å². The molecule has 2 aromatic rings. The molecule has 0 spiro atoms. The van der Waals surface area contributed by atoms with E-state index in [2.05, 4.69) is 55.5 Å². The molecule has 4 nitrogen and oxygen atoms in total. The van der Waals surface area contributed by atoms with E-state index in [0.29, 0.717) is 0 Å². The number of imidazole rings is 2. The van der Waals surface area contributed by atoms with Crippen molar-refractivity contribution in [2.45, 2.75) is 36.6 Å². The van der Waals surface area contributed by atoms with Crippen LogP contribution in [0.4, 0.5) is 0 Å². The zero-order chi connectivity index (χ0) is 17.7. The van der Waals surface area contributed by atoms with Gasteiger partial charge in [0.05, 0.1) is 18.3 Å². The van der Waals surface area contributed by atoms with Crippen molar-refractivity contribution in [2.75, 3.05) is 0 Å². The number of aromatic nitrogens is 4. The molecule has 126 valence electrons. The van der Waals surface area contributed by atoms with Crippen LogP contribution in [0.1, 0.15) is 5.69 Å². The molecule has 7 heteroatoms. The van der Waals surface area contributed by atoms with Crippen LogP contribution < -0.4 is 0 Å². The average molecular weight is 585 g/mol. The Hall–Kier alpha value is 0.497. The van der Waals surface area contributed by atoms with Crippen LogP contribution in [0.3, 0.4) is 0 Å². The van der Waals surface area contributed by atoms with Gasteiger partial charge in [0.2, 0.25) is 0 Å². The molecular weight excluding hydrogens is 554 g/mol. The molecular formula is C15H31BrN4Sn2. The van der Waals surface area contributed by atoms with Gasteiger partial charge in [-0.1, -0.05) is 0 Å². The number of nitrogens with zero attached hydrogens (tertiary/aromatic N) is 4. The van der Waals surface area contributed by atoms with E-state index in [0.717, 1.165) is 10.3 Å². The molecule has 22 heavy (non-hydrogen) atoms. The van der Waals surface area contributed by atoms with Crippen LogP contribution >= 0.6 is 15.9 Å². The van der Waals surface area contributed by atoms with E-state index in [1.807, 2.05) is 42.5 Å². The van der Waals surface area contributed by atoms with Gasteiger partial charge in [0.25, 0.3) is 0 Å². The van der Waals surface area contributed by atoms with E-state index in [1.165, 1.54) is 0 Å². The molecule has 2 radical (unpaired) electrons. The van der Waals surface area contributed by atoms with Crippen LogP contribution in [0.5, 0.6) is 0 Å². The summed E-state index contributed by atoms with van der Waals surface area (Å²) >= 11 is 2.11. The predicted octanol–water partition coefficient (Wildman–Crippen LogP) is 4.65. The second-order valence-electron chi connectivity index (χ2n) is 6.04. The van der Waals surface area contributed by atoms with E-state index >= 15 is 0 Å². The zero-order valence-corrected chi connectivity index (χ0v) is 22.8. The first-order valence-corrected chi connectivity index (χ1v) is 25.1. The standard InChI is InChI=1S/C5H8N2.C4H5BrN2.6CH3.2Sn/c1-5-3-7(2)4-6-5;1-7-2-4(5)6-3-7;;;;;;;;/h3-4H,1-2H3;2-3H,1H3;6*1H3;;. The van der Waals surface area contributed by atoms with Crippen molar-refractivity contribution in [2.24, 2.45) is 14.1 Å². The molecule has 0 N–H and O–H groups in total. The Balaban J connectivity index is 0. The van der Waals surface area contributed by atoms with Gasteiger partial charge in [-0.15, -0.1) is 0 Å². The van der Waals surface area contributed by atoms with Crippen LogP contribution in [-0.4, -0.2) is 58.6 Å². The van der Waals surface area contributed by atoms with Gasteiger partial charge in [0.15, 0.2) is 0 Å². The van der Waals surface area contributed by atoms with E-state index in [1.54, 1.807) is 12.7 Å². The van der Waals surface area contributed by atoms with Crippen LogP contribution in [0.25, 0.3) is 0 Å². The fourth-order valence-corrected chi connectivity index (χ4v) is 1.34. The normalized spacial score (nSPS) is 9.27. The Kier molecular flexibility index (Phi) is 16.9. The van der Waals surface area contributed by atoms with E-state index in [9.17, 15) is 0 Å². The second-order valence-corrected chi connectivity index (χ2v) is 24.0. The maximum absolute atomic E-state index is 3.98. The molecule has 0 atom stereocenters. The number of aryl methyl sites for hydroxylation is 3. The van der Waals surface area contributed by atoms with Crippen molar-refractivity contribution < 1.29 is 0 Å². The van der Waals surface area contributed by atoms with E-state index in [-0.39, 0.29) is 0 Å². The Morgan fingerprint density at radius 3 is 1.27 bits per heavy atom. The molecule has 2 heterocycles. The third-order valence-electron chi connectivity index (χ3n) is 1.51. The summed E-state index contributed by atoms with van der Waals surface area (Å²) in [5, 5.41) is 0. The van der Waals surface area contributed by atoms with Crippen molar-refractivity contribution in [3.63, 3.8) is 0 Å². The molecule has 0 saturated heterocycles. The third-order valence-corrected chi connectivity index (χ3v) is 1.92. The van der Waals surface area contributed by atoms with Crippen molar-refractivity contribution in [3.05, 3.63) is 35.3 Å². The van der Waals surface area contributed by atoms with Gasteiger partial charge in [-0.2, -0.15) is 0 Å². The summed E-state index contributed by atoms with van der Waals surface area (Å²) < 4.78 is 4.69. The molecule has 0 bridgehead atoms. The molecule has 0 aliphatic heterocycles. The summed E-state index contributed by atoms with van der Waals surface area (Å²) in [5.74, 6) is 0. The fourth-order valence-electron chi connectivity index (χ4n) is 0.924. The van der Waals surface area contributed by atoms with Gasteiger partial charge in [0.1, 0.15) is 4.60 Å². The molecule has 0 unspecified atom stereocenters. The van der Waals surface area contributed by atoms with Crippen molar-refractivity contribution in [1.29, 1.82) is 0 Å². The van der Waals surface area contributed by atoms with Gasteiger partial charge in [-0.3, -0.25) is 0 Å². The maximum atomic E-state index is 3.98. The van der Waals surface area contributed by atoms with Gasteiger partial charge < -0.3 is 9.13 Å². The number of halogens is 1. The molecule has 0 saturated carbocycles. The Morgan fingerprint density at radius 2 is 1.18 bits per heavy atom. The van der Waals surface area contributed by atoms with E-state index < -0.39 is 39.5 Å². The summed E-state index contributed by atoms with van der Waals surface area (Å²) in [6.07, 6.45) is 7.39. The summed E-state index contributed by atoms with van der Waals surface area (Å²) in [6, 6.07) is 0. The summed E-state index contributed by atoms with van der Waals surface area (Å²) in [6.45, 7) is 1.97.